The van der Waals surface area contributed by atoms with Crippen LogP contribution in [0.3, 0.4) is 0 Å². The normalized spacial score (nSPS) is 20.7. The molecule has 0 unspecified atom stereocenters. The third-order valence-corrected chi connectivity index (χ3v) is 4.82. The minimum absolute atomic E-state index is 0.260. The summed E-state index contributed by atoms with van der Waals surface area (Å²) < 4.78 is 25.0. The summed E-state index contributed by atoms with van der Waals surface area (Å²) in [6.45, 7) is 3.50. The van der Waals surface area contributed by atoms with Crippen LogP contribution in [0, 0.1) is 0 Å². The summed E-state index contributed by atoms with van der Waals surface area (Å²) in [7, 11) is -2.83. The molecule has 7 heteroatoms. The molecule has 0 aliphatic carbocycles. The monoisotopic (exact) mass is 272 g/mol. The zero-order valence-electron chi connectivity index (χ0n) is 10.5. The first kappa shape index (κ1) is 13.5. The van der Waals surface area contributed by atoms with Crippen molar-refractivity contribution in [3.05, 3.63) is 18.2 Å². The van der Waals surface area contributed by atoms with Gasteiger partial charge in [0.05, 0.1) is 23.5 Å². The standard InChI is InChI=1S/C11H20N4O2S/c12-2-4-15-9-11(13-10-15)8-14-3-1-6-18(16,17)7-5-14/h9-10H,1-8,12H2. The zero-order chi connectivity index (χ0) is 13.0. The fraction of sp³-hybridized carbons (Fsp3) is 0.727. The number of hydrogen-bond donors (Lipinski definition) is 1. The molecule has 1 aliphatic rings. The first-order chi connectivity index (χ1) is 8.59. The van der Waals surface area contributed by atoms with Crippen LogP contribution in [0.2, 0.25) is 0 Å². The largest absolute Gasteiger partial charge is 0.336 e. The summed E-state index contributed by atoms with van der Waals surface area (Å²) in [5, 5.41) is 0. The van der Waals surface area contributed by atoms with E-state index in [0.717, 1.165) is 18.8 Å². The SMILES string of the molecule is NCCn1cnc(CN2CCCS(=O)(=O)CC2)c1. The topological polar surface area (TPSA) is 81.2 Å². The molecule has 2 rings (SSSR count). The van der Waals surface area contributed by atoms with Crippen molar-refractivity contribution in [3.8, 4) is 0 Å². The van der Waals surface area contributed by atoms with E-state index < -0.39 is 9.84 Å². The van der Waals surface area contributed by atoms with Gasteiger partial charge in [0.2, 0.25) is 0 Å². The van der Waals surface area contributed by atoms with Gasteiger partial charge in [-0.2, -0.15) is 0 Å². The van der Waals surface area contributed by atoms with Gasteiger partial charge in [0, 0.05) is 32.4 Å². The molecule has 0 amide bonds. The molecule has 6 nitrogen and oxygen atoms in total. The average Bonchev–Trinajstić information content (AvgIpc) is 2.66. The van der Waals surface area contributed by atoms with Crippen molar-refractivity contribution in [2.45, 2.75) is 19.5 Å². The second-order valence-corrected chi connectivity index (χ2v) is 6.98. The molecule has 1 saturated heterocycles. The highest BCUT2D eigenvalue weighted by molar-refractivity contribution is 7.91. The molecule has 1 aliphatic heterocycles. The number of rotatable bonds is 4. The van der Waals surface area contributed by atoms with E-state index >= 15 is 0 Å². The Morgan fingerprint density at radius 2 is 2.17 bits per heavy atom. The Kier molecular flexibility index (Phi) is 4.36. The molecule has 2 N–H and O–H groups in total. The van der Waals surface area contributed by atoms with Gasteiger partial charge in [-0.25, -0.2) is 13.4 Å². The number of nitrogens with two attached hydrogens (primary N) is 1. The van der Waals surface area contributed by atoms with Gasteiger partial charge in [0.25, 0.3) is 0 Å². The Morgan fingerprint density at radius 3 is 2.94 bits per heavy atom. The maximum absolute atomic E-state index is 11.5. The van der Waals surface area contributed by atoms with Gasteiger partial charge in [0.15, 0.2) is 9.84 Å². The van der Waals surface area contributed by atoms with Crippen LogP contribution in [0.15, 0.2) is 12.5 Å². The lowest BCUT2D eigenvalue weighted by atomic mass is 10.3. The first-order valence-corrected chi connectivity index (χ1v) is 8.05. The summed E-state index contributed by atoms with van der Waals surface area (Å²) in [6.07, 6.45) is 4.47. The van der Waals surface area contributed by atoms with E-state index in [2.05, 4.69) is 9.88 Å². The zero-order valence-corrected chi connectivity index (χ0v) is 11.3. The molecule has 0 radical (unpaired) electrons. The lowest BCUT2D eigenvalue weighted by molar-refractivity contribution is 0.284. The molecule has 1 fully saturated rings. The van der Waals surface area contributed by atoms with Crippen molar-refractivity contribution in [2.24, 2.45) is 5.73 Å². The minimum atomic E-state index is -2.83. The van der Waals surface area contributed by atoms with E-state index in [4.69, 9.17) is 5.73 Å². The van der Waals surface area contributed by atoms with Gasteiger partial charge >= 0.3 is 0 Å². The summed E-state index contributed by atoms with van der Waals surface area (Å²) in [6, 6.07) is 0. The smallest absolute Gasteiger partial charge is 0.151 e. The lowest BCUT2D eigenvalue weighted by Gasteiger charge is -2.17. The van der Waals surface area contributed by atoms with Gasteiger partial charge in [-0.3, -0.25) is 4.90 Å². The van der Waals surface area contributed by atoms with Crippen molar-refractivity contribution in [1.82, 2.24) is 14.5 Å². The molecular formula is C11H20N4O2S. The van der Waals surface area contributed by atoms with Crippen molar-refractivity contribution in [1.29, 1.82) is 0 Å². The fourth-order valence-electron chi connectivity index (χ4n) is 2.14. The molecule has 0 aromatic carbocycles. The third-order valence-electron chi connectivity index (χ3n) is 3.11. The number of imidazole rings is 1. The molecule has 1 aromatic heterocycles. The van der Waals surface area contributed by atoms with Crippen LogP contribution >= 0.6 is 0 Å². The Hall–Kier alpha value is -0.920. The predicted molar refractivity (Wildman–Crippen MR) is 69.8 cm³/mol. The molecule has 102 valence electrons. The van der Waals surface area contributed by atoms with E-state index in [9.17, 15) is 8.42 Å². The van der Waals surface area contributed by atoms with Crippen LogP contribution in [-0.4, -0.2) is 54.0 Å². The second-order valence-electron chi connectivity index (χ2n) is 4.67. The van der Waals surface area contributed by atoms with E-state index in [1.165, 1.54) is 0 Å². The van der Waals surface area contributed by atoms with Crippen LogP contribution in [0.5, 0.6) is 0 Å². The number of nitrogens with zero attached hydrogens (tertiary/aromatic N) is 3. The number of hydrogen-bond acceptors (Lipinski definition) is 5. The van der Waals surface area contributed by atoms with Crippen LogP contribution < -0.4 is 5.73 Å². The van der Waals surface area contributed by atoms with E-state index in [0.29, 0.717) is 31.8 Å². The third kappa shape index (κ3) is 3.79. The molecule has 18 heavy (non-hydrogen) atoms. The van der Waals surface area contributed by atoms with Crippen molar-refractivity contribution < 1.29 is 8.42 Å². The average molecular weight is 272 g/mol. The Balaban J connectivity index is 1.92. The highest BCUT2D eigenvalue weighted by Crippen LogP contribution is 2.08. The van der Waals surface area contributed by atoms with Gasteiger partial charge < -0.3 is 10.3 Å². The maximum Gasteiger partial charge on any atom is 0.151 e. The summed E-state index contributed by atoms with van der Waals surface area (Å²) in [4.78, 5) is 6.46. The molecule has 0 spiro atoms. The predicted octanol–water partition coefficient (Wildman–Crippen LogP) is -0.538. The number of aromatic nitrogens is 2. The minimum Gasteiger partial charge on any atom is -0.336 e. The van der Waals surface area contributed by atoms with Crippen LogP contribution in [0.25, 0.3) is 0 Å². The van der Waals surface area contributed by atoms with Crippen LogP contribution in [0.1, 0.15) is 12.1 Å². The highest BCUT2D eigenvalue weighted by Gasteiger charge is 2.19. The Morgan fingerprint density at radius 1 is 1.33 bits per heavy atom. The first-order valence-electron chi connectivity index (χ1n) is 6.22. The van der Waals surface area contributed by atoms with Crippen LogP contribution in [0.4, 0.5) is 0 Å². The van der Waals surface area contributed by atoms with Gasteiger partial charge in [-0.1, -0.05) is 0 Å². The van der Waals surface area contributed by atoms with E-state index in [1.54, 1.807) is 6.33 Å². The van der Waals surface area contributed by atoms with Gasteiger partial charge in [0.1, 0.15) is 0 Å². The molecule has 2 heterocycles. The summed E-state index contributed by atoms with van der Waals surface area (Å²) >= 11 is 0. The molecule has 1 aromatic rings. The quantitative estimate of drug-likeness (QED) is 0.796. The molecule has 0 saturated carbocycles. The Labute approximate surface area is 108 Å². The van der Waals surface area contributed by atoms with Crippen molar-refractivity contribution >= 4 is 9.84 Å². The molecular weight excluding hydrogens is 252 g/mol. The second kappa shape index (κ2) is 5.81. The number of sulfone groups is 1. The van der Waals surface area contributed by atoms with Crippen molar-refractivity contribution in [2.75, 3.05) is 31.1 Å². The molecule has 0 bridgehead atoms. The van der Waals surface area contributed by atoms with Gasteiger partial charge in [-0.05, 0) is 13.0 Å². The van der Waals surface area contributed by atoms with Gasteiger partial charge in [-0.15, -0.1) is 0 Å². The summed E-state index contributed by atoms with van der Waals surface area (Å²) in [5.74, 6) is 0.571. The Bertz CT molecular complexity index is 483. The van der Waals surface area contributed by atoms with E-state index in [1.807, 2.05) is 10.8 Å². The van der Waals surface area contributed by atoms with Crippen molar-refractivity contribution in [3.63, 3.8) is 0 Å². The van der Waals surface area contributed by atoms with E-state index in [-0.39, 0.29) is 5.75 Å². The maximum atomic E-state index is 11.5. The summed E-state index contributed by atoms with van der Waals surface area (Å²) in [5.41, 5.74) is 6.45. The van der Waals surface area contributed by atoms with Crippen LogP contribution in [-0.2, 0) is 22.9 Å². The molecule has 0 atom stereocenters. The fourth-order valence-corrected chi connectivity index (χ4v) is 3.45. The highest BCUT2D eigenvalue weighted by atomic mass is 32.2. The lowest BCUT2D eigenvalue weighted by Crippen LogP contribution is -2.26.